The van der Waals surface area contributed by atoms with Crippen LogP contribution in [0.4, 0.5) is 0 Å². The van der Waals surface area contributed by atoms with Crippen LogP contribution in [0.5, 0.6) is 0 Å². The molecule has 0 bridgehead atoms. The van der Waals surface area contributed by atoms with Crippen molar-refractivity contribution in [3.05, 3.63) is 64.2 Å². The Labute approximate surface area is 222 Å². The van der Waals surface area contributed by atoms with E-state index >= 15 is 0 Å². The molecule has 0 aliphatic carbocycles. The van der Waals surface area contributed by atoms with Gasteiger partial charge in [0.25, 0.3) is 0 Å². The molecule has 1 atom stereocenters. The molecule has 1 amide bonds. The lowest BCUT2D eigenvalue weighted by atomic mass is 9.49. The zero-order chi connectivity index (χ0) is 26.5. The minimum Gasteiger partial charge on any atom is -0.351 e. The second-order valence-corrected chi connectivity index (χ2v) is 12.9. The fourth-order valence-corrected chi connectivity index (χ4v) is 5.65. The fourth-order valence-electron chi connectivity index (χ4n) is 4.66. The van der Waals surface area contributed by atoms with Crippen molar-refractivity contribution in [1.82, 2.24) is 14.5 Å². The van der Waals surface area contributed by atoms with Crippen molar-refractivity contribution in [2.45, 2.75) is 52.3 Å². The van der Waals surface area contributed by atoms with E-state index in [0.29, 0.717) is 50.9 Å². The zero-order valence-electron chi connectivity index (χ0n) is 22.2. The predicted octanol–water partition coefficient (Wildman–Crippen LogP) is 3.54. The van der Waals surface area contributed by atoms with Gasteiger partial charge in [0.15, 0.2) is 6.71 Å². The van der Waals surface area contributed by atoms with Gasteiger partial charge in [-0.15, -0.1) is 0 Å². The predicted molar refractivity (Wildman–Crippen MR) is 151 cm³/mol. The van der Waals surface area contributed by atoms with Gasteiger partial charge in [-0.05, 0) is 62.5 Å². The summed E-state index contributed by atoms with van der Waals surface area (Å²) < 4.78 is 25.5. The first-order valence-electron chi connectivity index (χ1n) is 12.7. The summed E-state index contributed by atoms with van der Waals surface area (Å²) in [5, 5.41) is 3.85. The third kappa shape index (κ3) is 7.34. The van der Waals surface area contributed by atoms with Crippen LogP contribution in [0, 0.1) is 6.92 Å². The second-order valence-electron chi connectivity index (χ2n) is 10.5. The molecule has 9 heteroatoms. The first kappa shape index (κ1) is 28.7. The molecule has 1 heterocycles. The largest absolute Gasteiger partial charge is 0.351 e. The Morgan fingerprint density at radius 3 is 2.39 bits per heavy atom. The first-order chi connectivity index (χ1) is 16.9. The highest BCUT2D eigenvalue weighted by molar-refractivity contribution is 7.88. The van der Waals surface area contributed by atoms with Crippen LogP contribution in [0.25, 0.3) is 0 Å². The molecule has 0 saturated carbocycles. The molecule has 6 nitrogen and oxygen atoms in total. The average molecular weight is 532 g/mol. The molecule has 1 saturated heterocycles. The summed E-state index contributed by atoms with van der Waals surface area (Å²) in [6.45, 7) is 12.4. The number of amides is 1. The standard InChI is InChI=1S/C27H39BClN3O3S/c1-21-19-23(9-12-25(21)29)27(2,13-16-31-14-6-15-32(18-17-31)36(5,34)35)26(33)30-20-22-7-10-24(11-8-22)28(3)4/h7-12,19H,6,13-18,20H2,1-5H3,(H,30,33). The molecule has 2 aromatic rings. The monoisotopic (exact) mass is 531 g/mol. The number of nitrogens with one attached hydrogen (secondary N) is 1. The topological polar surface area (TPSA) is 69.7 Å². The van der Waals surface area contributed by atoms with E-state index in [1.807, 2.05) is 32.0 Å². The van der Waals surface area contributed by atoms with Crippen LogP contribution >= 0.6 is 11.6 Å². The summed E-state index contributed by atoms with van der Waals surface area (Å²) >= 11 is 6.29. The Hall–Kier alpha value is -1.87. The third-order valence-electron chi connectivity index (χ3n) is 7.34. The van der Waals surface area contributed by atoms with Gasteiger partial charge >= 0.3 is 0 Å². The summed E-state index contributed by atoms with van der Waals surface area (Å²) in [4.78, 5) is 16.0. The maximum absolute atomic E-state index is 13.7. The van der Waals surface area contributed by atoms with Crippen LogP contribution in [-0.2, 0) is 26.8 Å². The van der Waals surface area contributed by atoms with Crippen LogP contribution in [0.2, 0.25) is 18.7 Å². The highest BCUT2D eigenvalue weighted by atomic mass is 35.5. The molecule has 1 fully saturated rings. The van der Waals surface area contributed by atoms with E-state index in [1.165, 1.54) is 11.7 Å². The van der Waals surface area contributed by atoms with Gasteiger partial charge in [0.05, 0.1) is 11.7 Å². The number of benzene rings is 2. The van der Waals surface area contributed by atoms with Gasteiger partial charge in [0.1, 0.15) is 0 Å². The van der Waals surface area contributed by atoms with E-state index in [2.05, 4.69) is 48.1 Å². The van der Waals surface area contributed by atoms with Crippen molar-refractivity contribution in [1.29, 1.82) is 0 Å². The summed E-state index contributed by atoms with van der Waals surface area (Å²) in [6.07, 6.45) is 2.66. The number of nitrogens with zero attached hydrogens (tertiary/aromatic N) is 2. The average Bonchev–Trinajstić information content (AvgIpc) is 3.09. The van der Waals surface area contributed by atoms with Crippen molar-refractivity contribution >= 4 is 39.7 Å². The summed E-state index contributed by atoms with van der Waals surface area (Å²) in [7, 11) is -3.19. The highest BCUT2D eigenvalue weighted by Gasteiger charge is 2.36. The lowest BCUT2D eigenvalue weighted by molar-refractivity contribution is -0.126. The van der Waals surface area contributed by atoms with Gasteiger partial charge in [-0.3, -0.25) is 4.79 Å². The van der Waals surface area contributed by atoms with Gasteiger partial charge in [-0.25, -0.2) is 12.7 Å². The highest BCUT2D eigenvalue weighted by Crippen LogP contribution is 2.31. The van der Waals surface area contributed by atoms with E-state index in [-0.39, 0.29) is 5.91 Å². The van der Waals surface area contributed by atoms with Crippen LogP contribution in [0.15, 0.2) is 42.5 Å². The van der Waals surface area contributed by atoms with Gasteiger partial charge in [0, 0.05) is 31.2 Å². The lowest BCUT2D eigenvalue weighted by Gasteiger charge is -2.32. The number of carbonyl (C=O) groups excluding carboxylic acids is 1. The molecule has 1 aliphatic rings. The molecule has 2 aromatic carbocycles. The number of rotatable bonds is 9. The van der Waals surface area contributed by atoms with Crippen molar-refractivity contribution in [3.8, 4) is 0 Å². The fraction of sp³-hybridized carbons (Fsp3) is 0.519. The van der Waals surface area contributed by atoms with E-state index in [1.54, 1.807) is 4.31 Å². The van der Waals surface area contributed by atoms with Crippen LogP contribution < -0.4 is 10.8 Å². The second kappa shape index (κ2) is 12.1. The Balaban J connectivity index is 1.74. The van der Waals surface area contributed by atoms with E-state index in [4.69, 9.17) is 11.6 Å². The number of halogens is 1. The number of hydrogen-bond acceptors (Lipinski definition) is 4. The van der Waals surface area contributed by atoms with E-state index < -0.39 is 15.4 Å². The first-order valence-corrected chi connectivity index (χ1v) is 14.9. The molecule has 3 rings (SSSR count). The van der Waals surface area contributed by atoms with Crippen LogP contribution in [0.3, 0.4) is 0 Å². The number of carbonyl (C=O) groups is 1. The molecule has 0 radical (unpaired) electrons. The van der Waals surface area contributed by atoms with E-state index in [0.717, 1.165) is 29.7 Å². The van der Waals surface area contributed by atoms with Gasteiger partial charge in [-0.1, -0.05) is 67.1 Å². The summed E-state index contributed by atoms with van der Waals surface area (Å²) in [5.74, 6) is -0.0234. The number of hydrogen-bond donors (Lipinski definition) is 1. The van der Waals surface area contributed by atoms with Gasteiger partial charge in [-0.2, -0.15) is 0 Å². The number of sulfonamides is 1. The van der Waals surface area contributed by atoms with Crippen molar-refractivity contribution in [2.24, 2.45) is 0 Å². The quantitative estimate of drug-likeness (QED) is 0.503. The molecular formula is C27H39BClN3O3S. The Morgan fingerprint density at radius 1 is 1.08 bits per heavy atom. The van der Waals surface area contributed by atoms with Gasteiger partial charge in [0.2, 0.25) is 15.9 Å². The van der Waals surface area contributed by atoms with E-state index in [9.17, 15) is 13.2 Å². The van der Waals surface area contributed by atoms with Crippen LogP contribution in [-0.4, -0.2) is 69.2 Å². The Bertz CT molecular complexity index is 1160. The maximum Gasteiger partial charge on any atom is 0.230 e. The van der Waals surface area contributed by atoms with Crippen molar-refractivity contribution < 1.29 is 13.2 Å². The maximum atomic E-state index is 13.7. The molecule has 1 N–H and O–H groups in total. The lowest BCUT2D eigenvalue weighted by Crippen LogP contribution is -2.45. The van der Waals surface area contributed by atoms with Crippen LogP contribution in [0.1, 0.15) is 36.5 Å². The smallest absolute Gasteiger partial charge is 0.230 e. The third-order valence-corrected chi connectivity index (χ3v) is 9.07. The minimum atomic E-state index is -3.19. The molecule has 0 aromatic heterocycles. The Kier molecular flexibility index (Phi) is 9.66. The SMILES string of the molecule is CB(C)c1ccc(CNC(=O)C(C)(CCN2CCCN(S(C)(=O)=O)CC2)c2ccc(Cl)c(C)c2)cc1. The normalized spacial score (nSPS) is 17.3. The molecule has 196 valence electrons. The summed E-state index contributed by atoms with van der Waals surface area (Å²) in [6, 6.07) is 14.2. The number of aryl methyl sites for hydroxylation is 1. The Morgan fingerprint density at radius 2 is 1.78 bits per heavy atom. The molecule has 1 unspecified atom stereocenters. The van der Waals surface area contributed by atoms with Crippen molar-refractivity contribution in [3.63, 3.8) is 0 Å². The summed E-state index contributed by atoms with van der Waals surface area (Å²) in [5.41, 5.74) is 3.46. The molecular weight excluding hydrogens is 493 g/mol. The molecule has 36 heavy (non-hydrogen) atoms. The molecule has 0 spiro atoms. The van der Waals surface area contributed by atoms with Crippen molar-refractivity contribution in [2.75, 3.05) is 39.0 Å². The van der Waals surface area contributed by atoms with Gasteiger partial charge < -0.3 is 10.2 Å². The molecule has 1 aliphatic heterocycles. The minimum absolute atomic E-state index is 0.0234. The zero-order valence-corrected chi connectivity index (χ0v) is 23.8.